The molecule has 0 saturated heterocycles. The third-order valence-corrected chi connectivity index (χ3v) is 3.41. The minimum atomic E-state index is 0.720. The van der Waals surface area contributed by atoms with Gasteiger partial charge in [0.15, 0.2) is 0 Å². The fourth-order valence-corrected chi connectivity index (χ4v) is 2.46. The maximum atomic E-state index is 8.82. The largest absolute Gasteiger partial charge is 0.192 e. The Morgan fingerprint density at radius 3 is 2.92 bits per heavy atom. The molecule has 1 nitrogen and oxygen atoms in total. The summed E-state index contributed by atoms with van der Waals surface area (Å²) in [6.45, 7) is 1.95. The molecule has 1 aromatic heterocycles. The van der Waals surface area contributed by atoms with E-state index >= 15 is 0 Å². The molecule has 64 valence electrons. The third kappa shape index (κ3) is 1.31. The molecule has 13 heavy (non-hydrogen) atoms. The fourth-order valence-electron chi connectivity index (χ4n) is 1.30. The minimum absolute atomic E-state index is 0.720. The van der Waals surface area contributed by atoms with Crippen LogP contribution in [0.25, 0.3) is 10.1 Å². The molecule has 0 radical (unpaired) electrons. The van der Waals surface area contributed by atoms with Crippen LogP contribution in [0, 0.1) is 18.3 Å². The number of halogens is 1. The summed E-state index contributed by atoms with van der Waals surface area (Å²) in [4.78, 5) is 0.775. The molecule has 0 fully saturated rings. The van der Waals surface area contributed by atoms with E-state index in [4.69, 9.17) is 16.9 Å². The standard InChI is InChI=1S/C10H6ClNS/c1-6-8-4-7(11)2-3-9(8)13-10(6)5-12/h2-4H,1H3. The lowest BCUT2D eigenvalue weighted by atomic mass is 10.1. The molecule has 0 aliphatic heterocycles. The first-order valence-corrected chi connectivity index (χ1v) is 5.00. The highest BCUT2D eigenvalue weighted by molar-refractivity contribution is 7.19. The SMILES string of the molecule is Cc1c(C#N)sc2ccc(Cl)cc12. The predicted molar refractivity (Wildman–Crippen MR) is 56.3 cm³/mol. The van der Waals surface area contributed by atoms with Crippen LogP contribution in [-0.4, -0.2) is 0 Å². The lowest BCUT2D eigenvalue weighted by Crippen LogP contribution is -1.71. The zero-order chi connectivity index (χ0) is 9.42. The van der Waals surface area contributed by atoms with E-state index in [1.54, 1.807) is 0 Å². The normalized spacial score (nSPS) is 10.2. The molecule has 0 aliphatic carbocycles. The molecule has 0 aliphatic rings. The molecule has 0 atom stereocenters. The third-order valence-electron chi connectivity index (χ3n) is 2.00. The highest BCUT2D eigenvalue weighted by Crippen LogP contribution is 2.31. The molecular formula is C10H6ClNS. The Morgan fingerprint density at radius 2 is 2.23 bits per heavy atom. The van der Waals surface area contributed by atoms with Crippen LogP contribution in [-0.2, 0) is 0 Å². The summed E-state index contributed by atoms with van der Waals surface area (Å²) in [5, 5.41) is 10.6. The Kier molecular flexibility index (Phi) is 1.99. The summed E-state index contributed by atoms with van der Waals surface area (Å²) in [5.74, 6) is 0. The number of rotatable bonds is 0. The summed E-state index contributed by atoms with van der Waals surface area (Å²) in [6.07, 6.45) is 0. The number of fused-ring (bicyclic) bond motifs is 1. The van der Waals surface area contributed by atoms with Crippen LogP contribution in [0.2, 0.25) is 5.02 Å². The first kappa shape index (κ1) is 8.55. The van der Waals surface area contributed by atoms with E-state index in [1.165, 1.54) is 11.3 Å². The van der Waals surface area contributed by atoms with Gasteiger partial charge in [-0.25, -0.2) is 0 Å². The number of benzene rings is 1. The van der Waals surface area contributed by atoms with Gasteiger partial charge >= 0.3 is 0 Å². The van der Waals surface area contributed by atoms with Crippen molar-refractivity contribution in [2.75, 3.05) is 0 Å². The highest BCUT2D eigenvalue weighted by Gasteiger charge is 2.07. The highest BCUT2D eigenvalue weighted by atomic mass is 35.5. The van der Waals surface area contributed by atoms with E-state index in [9.17, 15) is 0 Å². The number of aryl methyl sites for hydroxylation is 1. The van der Waals surface area contributed by atoms with Crippen molar-refractivity contribution in [3.8, 4) is 6.07 Å². The van der Waals surface area contributed by atoms with Gasteiger partial charge in [-0.15, -0.1) is 11.3 Å². The van der Waals surface area contributed by atoms with Crippen LogP contribution in [0.5, 0.6) is 0 Å². The summed E-state index contributed by atoms with van der Waals surface area (Å²) in [7, 11) is 0. The van der Waals surface area contributed by atoms with Crippen molar-refractivity contribution in [2.24, 2.45) is 0 Å². The van der Waals surface area contributed by atoms with Crippen molar-refractivity contribution in [1.29, 1.82) is 5.26 Å². The van der Waals surface area contributed by atoms with Gasteiger partial charge in [-0.3, -0.25) is 0 Å². The van der Waals surface area contributed by atoms with Crippen molar-refractivity contribution >= 4 is 33.0 Å². The quantitative estimate of drug-likeness (QED) is 0.646. The zero-order valence-electron chi connectivity index (χ0n) is 6.97. The lowest BCUT2D eigenvalue weighted by Gasteiger charge is -1.91. The van der Waals surface area contributed by atoms with Crippen molar-refractivity contribution in [2.45, 2.75) is 6.92 Å². The molecule has 3 heteroatoms. The van der Waals surface area contributed by atoms with Gasteiger partial charge in [-0.2, -0.15) is 5.26 Å². The summed E-state index contributed by atoms with van der Waals surface area (Å²) in [5.41, 5.74) is 1.03. The smallest absolute Gasteiger partial charge is 0.110 e. The average Bonchev–Trinajstić information content (AvgIpc) is 2.44. The van der Waals surface area contributed by atoms with Gasteiger partial charge < -0.3 is 0 Å². The summed E-state index contributed by atoms with van der Waals surface area (Å²) in [6, 6.07) is 7.89. The Labute approximate surface area is 85.2 Å². The number of thiophene rings is 1. The molecule has 1 aromatic carbocycles. The van der Waals surface area contributed by atoms with Crippen LogP contribution in [0.1, 0.15) is 10.4 Å². The second kappa shape index (κ2) is 3.02. The van der Waals surface area contributed by atoms with Crippen molar-refractivity contribution < 1.29 is 0 Å². The number of nitrogens with zero attached hydrogens (tertiary/aromatic N) is 1. The number of hydrogen-bond acceptors (Lipinski definition) is 2. The van der Waals surface area contributed by atoms with E-state index in [0.29, 0.717) is 0 Å². The van der Waals surface area contributed by atoms with Crippen molar-refractivity contribution in [3.63, 3.8) is 0 Å². The van der Waals surface area contributed by atoms with Gasteiger partial charge in [0.1, 0.15) is 10.9 Å². The molecular weight excluding hydrogens is 202 g/mol. The number of nitriles is 1. The summed E-state index contributed by atoms with van der Waals surface area (Å²) < 4.78 is 1.12. The Hall–Kier alpha value is -1.04. The van der Waals surface area contributed by atoms with E-state index in [-0.39, 0.29) is 0 Å². The second-order valence-corrected chi connectivity index (χ2v) is 4.30. The molecule has 1 heterocycles. The average molecular weight is 208 g/mol. The maximum absolute atomic E-state index is 8.82. The van der Waals surface area contributed by atoms with Gasteiger partial charge in [0.05, 0.1) is 0 Å². The molecule has 0 spiro atoms. The summed E-state index contributed by atoms with van der Waals surface area (Å²) >= 11 is 7.38. The maximum Gasteiger partial charge on any atom is 0.110 e. The Morgan fingerprint density at radius 1 is 1.46 bits per heavy atom. The van der Waals surface area contributed by atoms with Crippen LogP contribution in [0.15, 0.2) is 18.2 Å². The predicted octanol–water partition coefficient (Wildman–Crippen LogP) is 3.73. The lowest BCUT2D eigenvalue weighted by molar-refractivity contribution is 1.48. The molecule has 2 aromatic rings. The van der Waals surface area contributed by atoms with E-state index in [0.717, 1.165) is 25.5 Å². The van der Waals surface area contributed by atoms with Crippen LogP contribution >= 0.6 is 22.9 Å². The molecule has 0 amide bonds. The molecule has 0 saturated carbocycles. The Bertz CT molecular complexity index is 507. The van der Waals surface area contributed by atoms with Gasteiger partial charge in [-0.05, 0) is 36.1 Å². The van der Waals surface area contributed by atoms with Crippen LogP contribution < -0.4 is 0 Å². The van der Waals surface area contributed by atoms with Gasteiger partial charge in [0, 0.05) is 9.72 Å². The van der Waals surface area contributed by atoms with Gasteiger partial charge in [-0.1, -0.05) is 11.6 Å². The molecule has 2 rings (SSSR count). The molecule has 0 unspecified atom stereocenters. The van der Waals surface area contributed by atoms with E-state index < -0.39 is 0 Å². The van der Waals surface area contributed by atoms with Crippen LogP contribution in [0.4, 0.5) is 0 Å². The van der Waals surface area contributed by atoms with Crippen LogP contribution in [0.3, 0.4) is 0 Å². The topological polar surface area (TPSA) is 23.8 Å². The second-order valence-electron chi connectivity index (χ2n) is 2.81. The van der Waals surface area contributed by atoms with E-state index in [2.05, 4.69) is 6.07 Å². The van der Waals surface area contributed by atoms with Crippen molar-refractivity contribution in [3.05, 3.63) is 33.7 Å². The van der Waals surface area contributed by atoms with Crippen molar-refractivity contribution in [1.82, 2.24) is 0 Å². The zero-order valence-corrected chi connectivity index (χ0v) is 8.54. The Balaban J connectivity index is 2.87. The fraction of sp³-hybridized carbons (Fsp3) is 0.100. The molecule has 0 N–H and O–H groups in total. The first-order valence-electron chi connectivity index (χ1n) is 3.81. The first-order chi connectivity index (χ1) is 6.22. The monoisotopic (exact) mass is 207 g/mol. The minimum Gasteiger partial charge on any atom is -0.192 e. The molecule has 0 bridgehead atoms. The van der Waals surface area contributed by atoms with E-state index in [1.807, 2.05) is 25.1 Å². The van der Waals surface area contributed by atoms with Gasteiger partial charge in [0.2, 0.25) is 0 Å². The van der Waals surface area contributed by atoms with Gasteiger partial charge in [0.25, 0.3) is 0 Å². The number of hydrogen-bond donors (Lipinski definition) is 0.